The summed E-state index contributed by atoms with van der Waals surface area (Å²) < 4.78 is 6.95. The maximum atomic E-state index is 5.76. The van der Waals surface area contributed by atoms with Crippen LogP contribution in [0.5, 0.6) is 11.6 Å². The van der Waals surface area contributed by atoms with E-state index in [1.54, 1.807) is 6.20 Å². The number of benzene rings is 1. The lowest BCUT2D eigenvalue weighted by molar-refractivity contribution is 0.454. The van der Waals surface area contributed by atoms with Gasteiger partial charge in [0.2, 0.25) is 5.88 Å². The molecule has 0 bridgehead atoms. The van der Waals surface area contributed by atoms with Crippen molar-refractivity contribution >= 4 is 22.6 Å². The van der Waals surface area contributed by atoms with Crippen LogP contribution in [-0.2, 0) is 6.54 Å². The van der Waals surface area contributed by atoms with E-state index in [-0.39, 0.29) is 0 Å². The van der Waals surface area contributed by atoms with E-state index in [2.05, 4.69) is 32.9 Å². The van der Waals surface area contributed by atoms with Crippen LogP contribution < -0.4 is 10.1 Å². The van der Waals surface area contributed by atoms with Gasteiger partial charge in [0.15, 0.2) is 0 Å². The maximum Gasteiger partial charge on any atom is 0.223 e. The quantitative estimate of drug-likeness (QED) is 0.868. The summed E-state index contributed by atoms with van der Waals surface area (Å²) in [5, 5.41) is 3.10. The first-order valence-electron chi connectivity index (χ1n) is 5.31. The molecule has 1 heterocycles. The predicted molar refractivity (Wildman–Crippen MR) is 76.2 cm³/mol. The van der Waals surface area contributed by atoms with Gasteiger partial charge in [-0.15, -0.1) is 0 Å². The summed E-state index contributed by atoms with van der Waals surface area (Å²) in [6, 6.07) is 11.8. The van der Waals surface area contributed by atoms with E-state index >= 15 is 0 Å². The van der Waals surface area contributed by atoms with Crippen LogP contribution in [0.15, 0.2) is 42.6 Å². The fourth-order valence-electron chi connectivity index (χ4n) is 1.46. The van der Waals surface area contributed by atoms with Crippen LogP contribution in [0.1, 0.15) is 5.56 Å². The van der Waals surface area contributed by atoms with E-state index in [1.165, 1.54) is 3.57 Å². The Hall–Kier alpha value is -1.14. The highest BCUT2D eigenvalue weighted by Gasteiger charge is 2.04. The van der Waals surface area contributed by atoms with Gasteiger partial charge in [-0.1, -0.05) is 6.07 Å². The SMILES string of the molecule is CNCc1cccnc1Oc1ccc(I)cc1. The Morgan fingerprint density at radius 3 is 2.71 bits per heavy atom. The lowest BCUT2D eigenvalue weighted by atomic mass is 10.2. The molecule has 17 heavy (non-hydrogen) atoms. The lowest BCUT2D eigenvalue weighted by Crippen LogP contribution is -2.07. The van der Waals surface area contributed by atoms with Crippen molar-refractivity contribution in [3.63, 3.8) is 0 Å². The van der Waals surface area contributed by atoms with Crippen molar-refractivity contribution in [2.24, 2.45) is 0 Å². The van der Waals surface area contributed by atoms with Gasteiger partial charge in [0.05, 0.1) is 0 Å². The Bertz CT molecular complexity index is 485. The van der Waals surface area contributed by atoms with Gasteiger partial charge in [0.1, 0.15) is 5.75 Å². The van der Waals surface area contributed by atoms with E-state index in [9.17, 15) is 0 Å². The standard InChI is InChI=1S/C13H13IN2O/c1-15-9-10-3-2-8-16-13(10)17-12-6-4-11(14)5-7-12/h2-8,15H,9H2,1H3. The average molecular weight is 340 g/mol. The van der Waals surface area contributed by atoms with Gasteiger partial charge in [-0.3, -0.25) is 0 Å². The van der Waals surface area contributed by atoms with Gasteiger partial charge >= 0.3 is 0 Å². The van der Waals surface area contributed by atoms with Crippen molar-refractivity contribution in [3.05, 3.63) is 51.7 Å². The molecule has 0 atom stereocenters. The molecule has 1 aromatic carbocycles. The van der Waals surface area contributed by atoms with E-state index < -0.39 is 0 Å². The molecule has 0 amide bonds. The summed E-state index contributed by atoms with van der Waals surface area (Å²) in [6.07, 6.45) is 1.74. The van der Waals surface area contributed by atoms with E-state index in [0.717, 1.165) is 17.9 Å². The minimum absolute atomic E-state index is 0.656. The van der Waals surface area contributed by atoms with Gasteiger partial charge in [-0.05, 0) is 60.0 Å². The van der Waals surface area contributed by atoms with Crippen LogP contribution in [-0.4, -0.2) is 12.0 Å². The number of rotatable bonds is 4. The largest absolute Gasteiger partial charge is 0.439 e. The molecule has 0 unspecified atom stereocenters. The van der Waals surface area contributed by atoms with E-state index in [0.29, 0.717) is 5.88 Å². The number of aromatic nitrogens is 1. The average Bonchev–Trinajstić information content (AvgIpc) is 2.35. The molecule has 0 saturated heterocycles. The minimum atomic E-state index is 0.656. The Balaban J connectivity index is 2.20. The van der Waals surface area contributed by atoms with Gasteiger partial charge in [-0.2, -0.15) is 0 Å². The van der Waals surface area contributed by atoms with Crippen molar-refractivity contribution in [2.45, 2.75) is 6.54 Å². The van der Waals surface area contributed by atoms with Gasteiger partial charge in [0, 0.05) is 21.9 Å². The van der Waals surface area contributed by atoms with Crippen LogP contribution in [0.3, 0.4) is 0 Å². The normalized spacial score (nSPS) is 10.2. The summed E-state index contributed by atoms with van der Waals surface area (Å²) >= 11 is 2.27. The Labute approximate surface area is 114 Å². The van der Waals surface area contributed by atoms with Crippen LogP contribution in [0, 0.1) is 3.57 Å². The summed E-state index contributed by atoms with van der Waals surface area (Å²) in [5.74, 6) is 1.46. The Morgan fingerprint density at radius 2 is 2.00 bits per heavy atom. The molecule has 0 spiro atoms. The molecule has 2 rings (SSSR count). The molecule has 0 aliphatic carbocycles. The first kappa shape index (κ1) is 12.3. The number of hydrogen-bond acceptors (Lipinski definition) is 3. The summed E-state index contributed by atoms with van der Waals surface area (Å²) in [4.78, 5) is 4.25. The lowest BCUT2D eigenvalue weighted by Gasteiger charge is -2.09. The monoisotopic (exact) mass is 340 g/mol. The fourth-order valence-corrected chi connectivity index (χ4v) is 1.81. The second-order valence-corrected chi connectivity index (χ2v) is 4.80. The summed E-state index contributed by atoms with van der Waals surface area (Å²) in [5.41, 5.74) is 1.05. The third-order valence-electron chi connectivity index (χ3n) is 2.25. The highest BCUT2D eigenvalue weighted by atomic mass is 127. The third kappa shape index (κ3) is 3.41. The molecule has 0 radical (unpaired) electrons. The molecule has 1 N–H and O–H groups in total. The molecule has 0 fully saturated rings. The summed E-state index contributed by atoms with van der Waals surface area (Å²) in [6.45, 7) is 0.744. The number of halogens is 1. The van der Waals surface area contributed by atoms with Crippen molar-refractivity contribution < 1.29 is 4.74 Å². The highest BCUT2D eigenvalue weighted by Crippen LogP contribution is 2.23. The first-order chi connectivity index (χ1) is 8.29. The van der Waals surface area contributed by atoms with Crippen LogP contribution in [0.25, 0.3) is 0 Å². The molecule has 0 aliphatic rings. The zero-order valence-corrected chi connectivity index (χ0v) is 11.6. The number of nitrogens with zero attached hydrogens (tertiary/aromatic N) is 1. The van der Waals surface area contributed by atoms with Crippen molar-refractivity contribution in [2.75, 3.05) is 7.05 Å². The van der Waals surface area contributed by atoms with Crippen LogP contribution in [0.4, 0.5) is 0 Å². The zero-order valence-electron chi connectivity index (χ0n) is 9.48. The van der Waals surface area contributed by atoms with Crippen molar-refractivity contribution in [1.29, 1.82) is 0 Å². The third-order valence-corrected chi connectivity index (χ3v) is 2.96. The molecule has 0 aliphatic heterocycles. The molecule has 0 saturated carbocycles. The van der Waals surface area contributed by atoms with Gasteiger partial charge in [0.25, 0.3) is 0 Å². The highest BCUT2D eigenvalue weighted by molar-refractivity contribution is 14.1. The molecule has 3 nitrogen and oxygen atoms in total. The first-order valence-corrected chi connectivity index (χ1v) is 6.39. The number of pyridine rings is 1. The van der Waals surface area contributed by atoms with Gasteiger partial charge in [-0.25, -0.2) is 4.98 Å². The molecule has 4 heteroatoms. The molecule has 88 valence electrons. The number of ether oxygens (including phenoxy) is 1. The zero-order chi connectivity index (χ0) is 12.1. The fraction of sp³-hybridized carbons (Fsp3) is 0.154. The second kappa shape index (κ2) is 5.97. The van der Waals surface area contributed by atoms with Gasteiger partial charge < -0.3 is 10.1 Å². The topological polar surface area (TPSA) is 34.2 Å². The predicted octanol–water partition coefficient (Wildman–Crippen LogP) is 3.20. The number of hydrogen-bond donors (Lipinski definition) is 1. The number of nitrogens with one attached hydrogen (secondary N) is 1. The van der Waals surface area contributed by atoms with E-state index in [4.69, 9.17) is 4.74 Å². The van der Waals surface area contributed by atoms with Crippen LogP contribution >= 0.6 is 22.6 Å². The Morgan fingerprint density at radius 1 is 1.24 bits per heavy atom. The summed E-state index contributed by atoms with van der Waals surface area (Å²) in [7, 11) is 1.90. The van der Waals surface area contributed by atoms with Crippen molar-refractivity contribution in [1.82, 2.24) is 10.3 Å². The van der Waals surface area contributed by atoms with Crippen LogP contribution in [0.2, 0.25) is 0 Å². The van der Waals surface area contributed by atoms with Crippen molar-refractivity contribution in [3.8, 4) is 11.6 Å². The molecule has 2 aromatic rings. The second-order valence-electron chi connectivity index (χ2n) is 3.55. The minimum Gasteiger partial charge on any atom is -0.439 e. The smallest absolute Gasteiger partial charge is 0.223 e. The molecular weight excluding hydrogens is 327 g/mol. The Kier molecular flexibility index (Phi) is 4.33. The maximum absolute atomic E-state index is 5.76. The van der Waals surface area contributed by atoms with E-state index in [1.807, 2.05) is 43.4 Å². The molecular formula is C13H13IN2O. The molecule has 1 aromatic heterocycles.